The van der Waals surface area contributed by atoms with Crippen molar-refractivity contribution in [3.8, 4) is 11.5 Å². The van der Waals surface area contributed by atoms with Gasteiger partial charge in [0.2, 0.25) is 0 Å². The zero-order chi connectivity index (χ0) is 22.5. The van der Waals surface area contributed by atoms with E-state index in [0.29, 0.717) is 23.2 Å². The van der Waals surface area contributed by atoms with E-state index in [4.69, 9.17) is 13.9 Å². The van der Waals surface area contributed by atoms with Gasteiger partial charge in [0, 0.05) is 25.4 Å². The number of carbonyl (C=O) groups is 2. The molecule has 0 bridgehead atoms. The second-order valence-electron chi connectivity index (χ2n) is 7.11. The molecule has 3 aromatic rings. The summed E-state index contributed by atoms with van der Waals surface area (Å²) < 4.78 is 16.1. The van der Waals surface area contributed by atoms with E-state index in [0.717, 1.165) is 25.9 Å². The predicted molar refractivity (Wildman–Crippen MR) is 118 cm³/mol. The summed E-state index contributed by atoms with van der Waals surface area (Å²) >= 11 is 0. The Morgan fingerprint density at radius 3 is 2.50 bits per heavy atom. The molecule has 10 nitrogen and oxygen atoms in total. The molecule has 0 spiro atoms. The lowest BCUT2D eigenvalue weighted by Crippen LogP contribution is -2.20. The van der Waals surface area contributed by atoms with Gasteiger partial charge in [-0.3, -0.25) is 14.6 Å². The average Bonchev–Trinajstić information content (AvgIpc) is 3.51. The van der Waals surface area contributed by atoms with Crippen molar-refractivity contribution in [3.63, 3.8) is 0 Å². The van der Waals surface area contributed by atoms with Gasteiger partial charge in [-0.2, -0.15) is 4.98 Å². The Labute approximate surface area is 184 Å². The Kier molecular flexibility index (Phi) is 6.20. The second-order valence-corrected chi connectivity index (χ2v) is 7.11. The average molecular weight is 437 g/mol. The first-order chi connectivity index (χ1) is 15.6. The number of amides is 2. The molecule has 0 unspecified atom stereocenters. The Balaban J connectivity index is 1.61. The summed E-state index contributed by atoms with van der Waals surface area (Å²) in [6, 6.07) is 6.85. The lowest BCUT2D eigenvalue weighted by Gasteiger charge is -2.15. The number of aromatic nitrogens is 2. The van der Waals surface area contributed by atoms with Crippen molar-refractivity contribution >= 4 is 29.2 Å². The highest BCUT2D eigenvalue weighted by Crippen LogP contribution is 2.34. The van der Waals surface area contributed by atoms with E-state index in [-0.39, 0.29) is 16.9 Å². The fourth-order valence-corrected chi connectivity index (χ4v) is 3.41. The van der Waals surface area contributed by atoms with Crippen LogP contribution in [0.3, 0.4) is 0 Å². The van der Waals surface area contributed by atoms with Crippen LogP contribution in [0.1, 0.15) is 33.7 Å². The standard InChI is InChI=1S/C22H23N5O5/c1-30-18-10-15(20(28)24-14-6-5-7-23-12-14)16(11-19(18)31-2)25-21(29)17-13-32-22(26-17)27-8-3-4-9-27/h5-7,10-13H,3-4,8-9H2,1-2H3,(H,24,28)(H,25,29). The maximum atomic E-state index is 13.0. The smallest absolute Gasteiger partial charge is 0.297 e. The molecule has 3 heterocycles. The summed E-state index contributed by atoms with van der Waals surface area (Å²) in [7, 11) is 2.94. The Morgan fingerprint density at radius 2 is 1.81 bits per heavy atom. The van der Waals surface area contributed by atoms with Crippen LogP contribution in [0.2, 0.25) is 0 Å². The third kappa shape index (κ3) is 4.48. The molecule has 32 heavy (non-hydrogen) atoms. The van der Waals surface area contributed by atoms with Crippen LogP contribution in [0.5, 0.6) is 11.5 Å². The van der Waals surface area contributed by atoms with E-state index in [1.165, 1.54) is 38.8 Å². The normalized spacial score (nSPS) is 13.0. The maximum Gasteiger partial charge on any atom is 0.297 e. The van der Waals surface area contributed by atoms with Crippen molar-refractivity contribution < 1.29 is 23.5 Å². The lowest BCUT2D eigenvalue weighted by molar-refractivity contribution is 0.102. The number of hydrogen-bond donors (Lipinski definition) is 2. The summed E-state index contributed by atoms with van der Waals surface area (Å²) in [5.74, 6) is -0.257. The molecule has 0 atom stereocenters. The number of nitrogens with one attached hydrogen (secondary N) is 2. The van der Waals surface area contributed by atoms with Crippen molar-refractivity contribution in [3.05, 3.63) is 54.2 Å². The second kappa shape index (κ2) is 9.38. The first-order valence-electron chi connectivity index (χ1n) is 10.1. The number of ether oxygens (including phenoxy) is 2. The molecule has 1 saturated heterocycles. The third-order valence-electron chi connectivity index (χ3n) is 5.04. The molecule has 1 aliphatic rings. The quantitative estimate of drug-likeness (QED) is 0.578. The fraction of sp³-hybridized carbons (Fsp3) is 0.273. The van der Waals surface area contributed by atoms with Crippen molar-refractivity contribution in [2.24, 2.45) is 0 Å². The number of carbonyl (C=O) groups excluding carboxylic acids is 2. The minimum Gasteiger partial charge on any atom is -0.493 e. The van der Waals surface area contributed by atoms with Gasteiger partial charge in [0.25, 0.3) is 17.8 Å². The third-order valence-corrected chi connectivity index (χ3v) is 5.04. The summed E-state index contributed by atoms with van der Waals surface area (Å²) in [5.41, 5.74) is 1.04. The maximum absolute atomic E-state index is 13.0. The van der Waals surface area contributed by atoms with Crippen LogP contribution >= 0.6 is 0 Å². The van der Waals surface area contributed by atoms with Crippen LogP contribution < -0.4 is 25.0 Å². The number of nitrogens with zero attached hydrogens (tertiary/aromatic N) is 3. The Hall–Kier alpha value is -4.08. The molecular weight excluding hydrogens is 414 g/mol. The van der Waals surface area contributed by atoms with Crippen molar-refractivity contribution in [1.82, 2.24) is 9.97 Å². The summed E-state index contributed by atoms with van der Waals surface area (Å²) in [6.07, 6.45) is 6.55. The SMILES string of the molecule is COc1cc(NC(=O)c2coc(N3CCCC3)n2)c(C(=O)Nc2cccnc2)cc1OC. The van der Waals surface area contributed by atoms with Crippen LogP contribution in [0.15, 0.2) is 47.3 Å². The summed E-state index contributed by atoms with van der Waals surface area (Å²) in [5, 5.41) is 5.48. The number of benzene rings is 1. The number of rotatable bonds is 7. The van der Waals surface area contributed by atoms with Gasteiger partial charge in [0.15, 0.2) is 17.2 Å². The number of anilines is 3. The zero-order valence-electron chi connectivity index (χ0n) is 17.8. The van der Waals surface area contributed by atoms with E-state index >= 15 is 0 Å². The monoisotopic (exact) mass is 437 g/mol. The molecule has 2 aromatic heterocycles. The molecule has 2 amide bonds. The van der Waals surface area contributed by atoms with Gasteiger partial charge in [-0.25, -0.2) is 0 Å². The van der Waals surface area contributed by atoms with Crippen molar-refractivity contribution in [1.29, 1.82) is 0 Å². The highest BCUT2D eigenvalue weighted by atomic mass is 16.5. The van der Waals surface area contributed by atoms with E-state index < -0.39 is 11.8 Å². The highest BCUT2D eigenvalue weighted by molar-refractivity contribution is 6.12. The molecule has 4 rings (SSSR count). The van der Waals surface area contributed by atoms with Crippen LogP contribution in [0.25, 0.3) is 0 Å². The predicted octanol–water partition coefficient (Wildman–Crippen LogP) is 3.19. The number of pyridine rings is 1. The molecule has 0 radical (unpaired) electrons. The molecule has 1 fully saturated rings. The number of methoxy groups -OCH3 is 2. The molecule has 166 valence electrons. The van der Waals surface area contributed by atoms with Crippen LogP contribution in [0, 0.1) is 0 Å². The van der Waals surface area contributed by atoms with E-state index in [1.807, 2.05) is 4.90 Å². The van der Waals surface area contributed by atoms with Crippen LogP contribution in [-0.2, 0) is 0 Å². The molecule has 0 saturated carbocycles. The van der Waals surface area contributed by atoms with Crippen molar-refractivity contribution in [2.75, 3.05) is 42.8 Å². The highest BCUT2D eigenvalue weighted by Gasteiger charge is 2.23. The Morgan fingerprint density at radius 1 is 1.06 bits per heavy atom. The van der Waals surface area contributed by atoms with E-state index in [1.54, 1.807) is 18.3 Å². The summed E-state index contributed by atoms with van der Waals surface area (Å²) in [6.45, 7) is 1.69. The Bertz CT molecular complexity index is 1110. The minimum atomic E-state index is -0.512. The van der Waals surface area contributed by atoms with E-state index in [2.05, 4.69) is 20.6 Å². The largest absolute Gasteiger partial charge is 0.493 e. The van der Waals surface area contributed by atoms with Crippen LogP contribution in [-0.4, -0.2) is 49.1 Å². The summed E-state index contributed by atoms with van der Waals surface area (Å²) in [4.78, 5) is 36.1. The number of oxazole rings is 1. The fourth-order valence-electron chi connectivity index (χ4n) is 3.41. The molecule has 1 aromatic carbocycles. The molecule has 2 N–H and O–H groups in total. The minimum absolute atomic E-state index is 0.111. The first-order valence-corrected chi connectivity index (χ1v) is 10.1. The van der Waals surface area contributed by atoms with Gasteiger partial charge in [0.05, 0.1) is 37.4 Å². The van der Waals surface area contributed by atoms with Gasteiger partial charge < -0.3 is 29.4 Å². The van der Waals surface area contributed by atoms with Gasteiger partial charge in [-0.05, 0) is 31.0 Å². The number of hydrogen-bond acceptors (Lipinski definition) is 8. The van der Waals surface area contributed by atoms with Gasteiger partial charge in [-0.1, -0.05) is 0 Å². The van der Waals surface area contributed by atoms with Gasteiger partial charge in [0.1, 0.15) is 6.26 Å². The molecule has 10 heteroatoms. The van der Waals surface area contributed by atoms with Crippen molar-refractivity contribution in [2.45, 2.75) is 12.8 Å². The van der Waals surface area contributed by atoms with Gasteiger partial charge in [-0.15, -0.1) is 0 Å². The van der Waals surface area contributed by atoms with Crippen LogP contribution in [0.4, 0.5) is 17.4 Å². The zero-order valence-corrected chi connectivity index (χ0v) is 17.8. The first kappa shape index (κ1) is 21.2. The van der Waals surface area contributed by atoms with E-state index in [9.17, 15) is 9.59 Å². The molecular formula is C22H23N5O5. The molecule has 1 aliphatic heterocycles. The van der Waals surface area contributed by atoms with Gasteiger partial charge >= 0.3 is 0 Å². The topological polar surface area (TPSA) is 119 Å². The lowest BCUT2D eigenvalue weighted by atomic mass is 10.1. The molecule has 0 aliphatic carbocycles.